The van der Waals surface area contributed by atoms with E-state index < -0.39 is 0 Å². The van der Waals surface area contributed by atoms with Gasteiger partial charge in [-0.25, -0.2) is 0 Å². The number of rotatable bonds is 7. The molecule has 26 heavy (non-hydrogen) atoms. The van der Waals surface area contributed by atoms with Crippen LogP contribution in [0.3, 0.4) is 0 Å². The second kappa shape index (κ2) is 8.50. The number of hydrogen-bond donors (Lipinski definition) is 1. The van der Waals surface area contributed by atoms with Crippen LogP contribution in [-0.4, -0.2) is 38.0 Å². The van der Waals surface area contributed by atoms with Crippen LogP contribution < -0.4 is 10.1 Å². The smallest absolute Gasteiger partial charge is 0.251 e. The molecular formula is C22H24N2O2. The molecule has 134 valence electrons. The summed E-state index contributed by atoms with van der Waals surface area (Å²) >= 11 is 0. The van der Waals surface area contributed by atoms with E-state index >= 15 is 0 Å². The first-order valence-electron chi connectivity index (χ1n) is 8.75. The molecule has 4 nitrogen and oxygen atoms in total. The molecule has 0 aliphatic heterocycles. The number of ether oxygens (including phenoxy) is 1. The van der Waals surface area contributed by atoms with Crippen LogP contribution in [0, 0.1) is 0 Å². The van der Waals surface area contributed by atoms with Gasteiger partial charge in [0.25, 0.3) is 5.91 Å². The number of likely N-dealkylation sites (N-methyl/N-ethyl adjacent to an activating group) is 1. The van der Waals surface area contributed by atoms with Crippen molar-refractivity contribution in [2.24, 2.45) is 0 Å². The molecule has 1 amide bonds. The molecule has 3 aromatic rings. The van der Waals surface area contributed by atoms with Crippen LogP contribution in [0.25, 0.3) is 10.8 Å². The molecule has 0 atom stereocenters. The molecule has 0 radical (unpaired) electrons. The van der Waals surface area contributed by atoms with Crippen LogP contribution in [0.15, 0.2) is 66.7 Å². The molecule has 0 fully saturated rings. The van der Waals surface area contributed by atoms with Gasteiger partial charge in [-0.2, -0.15) is 0 Å². The van der Waals surface area contributed by atoms with E-state index in [9.17, 15) is 4.79 Å². The predicted octanol–water partition coefficient (Wildman–Crippen LogP) is 3.71. The fraction of sp³-hybridized carbons (Fsp3) is 0.227. The van der Waals surface area contributed by atoms with Crippen molar-refractivity contribution in [2.45, 2.75) is 6.61 Å². The van der Waals surface area contributed by atoms with Crippen molar-refractivity contribution in [3.05, 3.63) is 77.9 Å². The summed E-state index contributed by atoms with van der Waals surface area (Å²) in [6, 6.07) is 21.8. The number of hydrogen-bond acceptors (Lipinski definition) is 3. The van der Waals surface area contributed by atoms with E-state index in [1.54, 1.807) is 0 Å². The highest BCUT2D eigenvalue weighted by atomic mass is 16.5. The summed E-state index contributed by atoms with van der Waals surface area (Å²) in [4.78, 5) is 14.3. The zero-order valence-electron chi connectivity index (χ0n) is 15.2. The highest BCUT2D eigenvalue weighted by Crippen LogP contribution is 2.21. The fourth-order valence-corrected chi connectivity index (χ4v) is 2.72. The molecule has 3 aromatic carbocycles. The molecule has 1 N–H and O–H groups in total. The number of fused-ring (bicyclic) bond motifs is 1. The molecule has 0 aromatic heterocycles. The summed E-state index contributed by atoms with van der Waals surface area (Å²) in [6.45, 7) is 1.87. The minimum absolute atomic E-state index is 0.0561. The largest absolute Gasteiger partial charge is 0.489 e. The van der Waals surface area contributed by atoms with Crippen molar-refractivity contribution < 1.29 is 9.53 Å². The number of nitrogens with zero attached hydrogens (tertiary/aromatic N) is 1. The van der Waals surface area contributed by atoms with Gasteiger partial charge in [0, 0.05) is 18.7 Å². The van der Waals surface area contributed by atoms with Crippen molar-refractivity contribution in [2.75, 3.05) is 27.2 Å². The van der Waals surface area contributed by atoms with Gasteiger partial charge < -0.3 is 15.0 Å². The summed E-state index contributed by atoms with van der Waals surface area (Å²) < 4.78 is 5.91. The normalized spacial score (nSPS) is 10.9. The van der Waals surface area contributed by atoms with E-state index in [1.165, 1.54) is 5.39 Å². The maximum atomic E-state index is 12.2. The minimum atomic E-state index is -0.0561. The Morgan fingerprint density at radius 1 is 0.962 bits per heavy atom. The Labute approximate surface area is 154 Å². The number of carbonyl (C=O) groups is 1. The lowest BCUT2D eigenvalue weighted by Crippen LogP contribution is -2.31. The molecular weight excluding hydrogens is 324 g/mol. The molecule has 0 aliphatic carbocycles. The monoisotopic (exact) mass is 348 g/mol. The topological polar surface area (TPSA) is 41.6 Å². The molecule has 0 bridgehead atoms. The predicted molar refractivity (Wildman–Crippen MR) is 106 cm³/mol. The Morgan fingerprint density at radius 2 is 1.77 bits per heavy atom. The lowest BCUT2D eigenvalue weighted by molar-refractivity contribution is 0.0951. The number of nitrogens with one attached hydrogen (secondary N) is 1. The first-order valence-corrected chi connectivity index (χ1v) is 8.75. The highest BCUT2D eigenvalue weighted by molar-refractivity contribution is 5.94. The third-order valence-electron chi connectivity index (χ3n) is 4.16. The minimum Gasteiger partial charge on any atom is -0.489 e. The first kappa shape index (κ1) is 18.0. The first-order chi connectivity index (χ1) is 12.6. The Balaban J connectivity index is 1.61. The van der Waals surface area contributed by atoms with Gasteiger partial charge in [-0.1, -0.05) is 42.5 Å². The van der Waals surface area contributed by atoms with Crippen LogP contribution >= 0.6 is 0 Å². The zero-order chi connectivity index (χ0) is 18.4. The Kier molecular flexibility index (Phi) is 5.87. The number of benzene rings is 3. The van der Waals surface area contributed by atoms with E-state index in [2.05, 4.69) is 23.5 Å². The maximum absolute atomic E-state index is 12.2. The molecule has 0 heterocycles. The van der Waals surface area contributed by atoms with E-state index in [4.69, 9.17) is 4.74 Å². The van der Waals surface area contributed by atoms with E-state index in [-0.39, 0.29) is 5.91 Å². The molecule has 3 rings (SSSR count). The second-order valence-electron chi connectivity index (χ2n) is 6.56. The van der Waals surface area contributed by atoms with E-state index in [1.807, 2.05) is 67.5 Å². The molecule has 0 aliphatic rings. The van der Waals surface area contributed by atoms with Crippen LogP contribution in [0.5, 0.6) is 5.75 Å². The van der Waals surface area contributed by atoms with Crippen molar-refractivity contribution in [1.82, 2.24) is 10.2 Å². The van der Waals surface area contributed by atoms with Crippen molar-refractivity contribution >= 4 is 16.7 Å². The van der Waals surface area contributed by atoms with Gasteiger partial charge in [0.1, 0.15) is 12.4 Å². The van der Waals surface area contributed by atoms with Gasteiger partial charge >= 0.3 is 0 Å². The van der Waals surface area contributed by atoms with Gasteiger partial charge in [0.2, 0.25) is 0 Å². The number of amides is 1. The van der Waals surface area contributed by atoms with Crippen LogP contribution in [0.2, 0.25) is 0 Å². The summed E-state index contributed by atoms with van der Waals surface area (Å²) in [5, 5.41) is 5.27. The summed E-state index contributed by atoms with van der Waals surface area (Å²) in [5.41, 5.74) is 1.63. The average Bonchev–Trinajstić information content (AvgIpc) is 2.66. The molecule has 0 spiro atoms. The van der Waals surface area contributed by atoms with E-state index in [0.717, 1.165) is 23.2 Å². The maximum Gasteiger partial charge on any atom is 0.251 e. The van der Waals surface area contributed by atoms with Gasteiger partial charge in [0.15, 0.2) is 0 Å². The standard InChI is InChI=1S/C22H24N2O2/c1-24(2)13-12-23-22(25)20-9-5-6-17(14-20)16-26-21-11-10-18-7-3-4-8-19(18)15-21/h3-11,14-15H,12-13,16H2,1-2H3,(H,23,25). The van der Waals surface area contributed by atoms with Crippen molar-refractivity contribution in [3.8, 4) is 5.75 Å². The number of carbonyl (C=O) groups excluding carboxylic acids is 1. The highest BCUT2D eigenvalue weighted by Gasteiger charge is 2.06. The van der Waals surface area contributed by atoms with Crippen LogP contribution in [0.1, 0.15) is 15.9 Å². The molecule has 0 saturated carbocycles. The molecule has 0 unspecified atom stereocenters. The zero-order valence-corrected chi connectivity index (χ0v) is 15.2. The lowest BCUT2D eigenvalue weighted by atomic mass is 10.1. The fourth-order valence-electron chi connectivity index (χ4n) is 2.72. The lowest BCUT2D eigenvalue weighted by Gasteiger charge is -2.11. The van der Waals surface area contributed by atoms with Crippen LogP contribution in [-0.2, 0) is 6.61 Å². The Bertz CT molecular complexity index is 890. The van der Waals surface area contributed by atoms with Crippen LogP contribution in [0.4, 0.5) is 0 Å². The van der Waals surface area contributed by atoms with E-state index in [0.29, 0.717) is 18.7 Å². The quantitative estimate of drug-likeness (QED) is 0.708. The van der Waals surface area contributed by atoms with Gasteiger partial charge in [0.05, 0.1) is 0 Å². The van der Waals surface area contributed by atoms with Crippen molar-refractivity contribution in [3.63, 3.8) is 0 Å². The average molecular weight is 348 g/mol. The molecule has 4 heteroatoms. The van der Waals surface area contributed by atoms with Gasteiger partial charge in [-0.3, -0.25) is 4.79 Å². The van der Waals surface area contributed by atoms with Gasteiger partial charge in [-0.05, 0) is 54.7 Å². The second-order valence-corrected chi connectivity index (χ2v) is 6.56. The third-order valence-corrected chi connectivity index (χ3v) is 4.16. The Morgan fingerprint density at radius 3 is 2.58 bits per heavy atom. The van der Waals surface area contributed by atoms with Crippen molar-refractivity contribution in [1.29, 1.82) is 0 Å². The molecule has 0 saturated heterocycles. The summed E-state index contributed by atoms with van der Waals surface area (Å²) in [5.74, 6) is 0.768. The SMILES string of the molecule is CN(C)CCNC(=O)c1cccc(COc2ccc3ccccc3c2)c1. The van der Waals surface area contributed by atoms with Gasteiger partial charge in [-0.15, -0.1) is 0 Å². The summed E-state index contributed by atoms with van der Waals surface area (Å²) in [6.07, 6.45) is 0. The third kappa shape index (κ3) is 4.83. The Hall–Kier alpha value is -2.85. The summed E-state index contributed by atoms with van der Waals surface area (Å²) in [7, 11) is 3.97.